The first-order valence-electron chi connectivity index (χ1n) is 31.6. The Morgan fingerprint density at radius 2 is 0.717 bits per heavy atom. The van der Waals surface area contributed by atoms with E-state index in [1.807, 2.05) is 149 Å². The summed E-state index contributed by atoms with van der Waals surface area (Å²) in [6, 6.07) is 47.8. The minimum Gasteiger partial charge on any atom is -0.506 e. The number of nitrogens with zero attached hydrogens (tertiary/aromatic N) is 6. The lowest BCUT2D eigenvalue weighted by Gasteiger charge is -2.13. The van der Waals surface area contributed by atoms with Gasteiger partial charge >= 0.3 is 17.1 Å². The van der Waals surface area contributed by atoms with E-state index in [1.165, 1.54) is 15.2 Å². The molecule has 3 aromatic heterocycles. The molecule has 99 heavy (non-hydrogen) atoms. The maximum Gasteiger partial charge on any atom is 0.326 e. The number of benzene rings is 9. The summed E-state index contributed by atoms with van der Waals surface area (Å²) in [5.41, 5.74) is 17.2. The normalized spacial score (nSPS) is 15.7. The minimum atomic E-state index is -0.779. The molecule has 3 unspecified atom stereocenters. The van der Waals surface area contributed by atoms with Gasteiger partial charge in [-0.05, 0) is 117 Å². The van der Waals surface area contributed by atoms with Gasteiger partial charge in [0.15, 0.2) is 0 Å². The number of aryl methyl sites for hydroxylation is 7. The summed E-state index contributed by atoms with van der Waals surface area (Å²) in [7, 11) is 5.09. The van der Waals surface area contributed by atoms with Gasteiger partial charge in [-0.25, -0.2) is 18.8 Å². The van der Waals surface area contributed by atoms with Crippen LogP contribution in [0.1, 0.15) is 72.3 Å². The van der Waals surface area contributed by atoms with Crippen LogP contribution in [0.4, 0.5) is 21.5 Å². The van der Waals surface area contributed by atoms with Crippen LogP contribution in [0, 0.1) is 33.5 Å². The first-order chi connectivity index (χ1) is 47.4. The fourth-order valence-electron chi connectivity index (χ4n) is 12.5. The Kier molecular flexibility index (Phi) is 18.1. The van der Waals surface area contributed by atoms with Gasteiger partial charge in [-0.15, -0.1) is 0 Å². The Morgan fingerprint density at radius 3 is 1.09 bits per heavy atom. The van der Waals surface area contributed by atoms with Gasteiger partial charge in [-0.2, -0.15) is 0 Å². The van der Waals surface area contributed by atoms with Crippen molar-refractivity contribution in [2.45, 2.75) is 65.1 Å². The van der Waals surface area contributed by atoms with Crippen LogP contribution in [0.15, 0.2) is 193 Å². The van der Waals surface area contributed by atoms with E-state index in [2.05, 4.69) is 30.9 Å². The molecule has 6 heterocycles. The van der Waals surface area contributed by atoms with Crippen molar-refractivity contribution in [1.82, 2.24) is 28.7 Å². The van der Waals surface area contributed by atoms with Gasteiger partial charge in [-0.1, -0.05) is 142 Å². The smallest absolute Gasteiger partial charge is 0.326 e. The number of carbonyl (C=O) groups is 3. The number of rotatable bonds is 9. The molecule has 19 nitrogen and oxygen atoms in total. The number of halogens is 4. The van der Waals surface area contributed by atoms with Crippen molar-refractivity contribution in [1.29, 1.82) is 0 Å². The molecule has 23 heteroatoms. The standard InChI is InChI=1S/C26H23ClN4O2.C25H20ClFN4O2.C25H21ClN4O3/c1-14-4-6-16(7-5-14)11-21-25(32)30-23-15(2)10-18(27)13-19(23)24(28-21)17-8-9-22-20(12-17)29-26(33)31(22)3;1-13-3-5-14(6-4-13)9-20-24(32)30-23-17(11-16(26)12-18(23)27)22(28-20)15-7-8-21-19(10-15)29-25(33)31(21)2;1-13-3-5-14(6-4-13)9-19-24(32)29-23-17(11-16(26)12-21(23)31)22(27-19)15-7-8-20-18(10-15)28-25(33)30(20)2/h4-10,12-13,21H,11H2,1-3H3,(H,29,33)(H,30,32);3-8,10-12,20H,9H2,1-2H3,(H,29,33)(H,30,32);3-8,10-12,19,31H,9H2,1-2H3,(H,28,33)(H,29,32). The summed E-state index contributed by atoms with van der Waals surface area (Å²) in [5.74, 6) is -1.65. The van der Waals surface area contributed by atoms with Crippen LogP contribution in [-0.4, -0.2) is 86.7 Å². The maximum atomic E-state index is 14.9. The van der Waals surface area contributed by atoms with Crippen LogP contribution in [0.5, 0.6) is 5.75 Å². The summed E-state index contributed by atoms with van der Waals surface area (Å²) in [6.45, 7) is 7.95. The summed E-state index contributed by atoms with van der Waals surface area (Å²) in [4.78, 5) is 98.7. The Hall–Kier alpha value is -11.2. The number of fused-ring (bicyclic) bond motifs is 6. The topological polar surface area (TPSA) is 258 Å². The largest absolute Gasteiger partial charge is 0.506 e. The third-order valence-electron chi connectivity index (χ3n) is 17.9. The number of phenolic OH excluding ortho intramolecular Hbond substituents is 1. The molecule has 498 valence electrons. The van der Waals surface area contributed by atoms with E-state index in [0.717, 1.165) is 72.7 Å². The van der Waals surface area contributed by atoms with Gasteiger partial charge in [0, 0.05) is 94.9 Å². The third-order valence-corrected chi connectivity index (χ3v) is 18.5. The van der Waals surface area contributed by atoms with E-state index >= 15 is 0 Å². The number of benzodiazepines with no additional fused rings is 3. The van der Waals surface area contributed by atoms with Crippen LogP contribution in [0.2, 0.25) is 15.1 Å². The highest BCUT2D eigenvalue weighted by molar-refractivity contribution is 6.33. The predicted octanol–water partition coefficient (Wildman–Crippen LogP) is 12.8. The number of amides is 3. The second-order valence-corrected chi connectivity index (χ2v) is 26.3. The van der Waals surface area contributed by atoms with Gasteiger partial charge in [0.05, 0.1) is 67.3 Å². The molecule has 9 aromatic carbocycles. The molecule has 7 N–H and O–H groups in total. The van der Waals surface area contributed by atoms with E-state index < -0.39 is 29.8 Å². The number of nitrogens with one attached hydrogen (secondary N) is 6. The highest BCUT2D eigenvalue weighted by Crippen LogP contribution is 2.38. The molecule has 0 fully saturated rings. The zero-order valence-corrected chi connectivity index (χ0v) is 56.8. The zero-order chi connectivity index (χ0) is 69.8. The lowest BCUT2D eigenvalue weighted by Crippen LogP contribution is -2.27. The molecule has 12 aromatic rings. The fourth-order valence-corrected chi connectivity index (χ4v) is 13.2. The second-order valence-electron chi connectivity index (χ2n) is 25.0. The zero-order valence-electron chi connectivity index (χ0n) is 54.5. The lowest BCUT2D eigenvalue weighted by molar-refractivity contribution is -0.118. The molecule has 0 aliphatic carbocycles. The molecule has 3 amide bonds. The third kappa shape index (κ3) is 13.7. The first-order valence-corrected chi connectivity index (χ1v) is 32.8. The number of aromatic amines is 3. The molecular weight excluding hydrogens is 1320 g/mol. The average Bonchev–Trinajstić information content (AvgIpc) is 1.70. The number of imidazole rings is 3. The molecule has 0 bridgehead atoms. The van der Waals surface area contributed by atoms with E-state index in [9.17, 15) is 38.3 Å². The number of hydrogen-bond donors (Lipinski definition) is 7. The molecule has 0 radical (unpaired) electrons. The molecular formula is C76H64Cl3FN12O7. The van der Waals surface area contributed by atoms with Crippen LogP contribution in [0.25, 0.3) is 33.1 Å². The van der Waals surface area contributed by atoms with E-state index in [-0.39, 0.29) is 51.0 Å². The Bertz CT molecular complexity index is 5040. The maximum absolute atomic E-state index is 14.9. The summed E-state index contributed by atoms with van der Waals surface area (Å²) < 4.78 is 19.5. The van der Waals surface area contributed by atoms with Gasteiger partial charge in [0.2, 0.25) is 17.7 Å². The summed E-state index contributed by atoms with van der Waals surface area (Å²) in [5, 5.41) is 20.2. The van der Waals surface area contributed by atoms with Gasteiger partial charge < -0.3 is 36.0 Å². The van der Waals surface area contributed by atoms with Crippen molar-refractivity contribution in [3.63, 3.8) is 0 Å². The highest BCUT2D eigenvalue weighted by Gasteiger charge is 2.32. The number of phenols is 1. The molecule has 3 atom stereocenters. The number of hydrogen-bond acceptors (Lipinski definition) is 10. The second kappa shape index (κ2) is 27.0. The van der Waals surface area contributed by atoms with Crippen molar-refractivity contribution in [2.24, 2.45) is 36.1 Å². The summed E-state index contributed by atoms with van der Waals surface area (Å²) >= 11 is 18.8. The molecule has 15 rings (SSSR count). The fraction of sp³-hybridized carbons (Fsp3) is 0.171. The van der Waals surface area contributed by atoms with E-state index in [4.69, 9.17) is 49.8 Å². The molecule has 0 saturated carbocycles. The van der Waals surface area contributed by atoms with Crippen molar-refractivity contribution >= 4 is 120 Å². The van der Waals surface area contributed by atoms with Crippen molar-refractivity contribution < 1.29 is 23.9 Å². The summed E-state index contributed by atoms with van der Waals surface area (Å²) in [6.07, 6.45) is 1.21. The Morgan fingerprint density at radius 1 is 0.404 bits per heavy atom. The Labute approximate surface area is 580 Å². The lowest BCUT2D eigenvalue weighted by atomic mass is 9.97. The monoisotopic (exact) mass is 1380 g/mol. The van der Waals surface area contributed by atoms with Crippen molar-refractivity contribution in [3.05, 3.63) is 288 Å². The van der Waals surface area contributed by atoms with Crippen LogP contribution < -0.4 is 33.0 Å². The predicted molar refractivity (Wildman–Crippen MR) is 390 cm³/mol. The van der Waals surface area contributed by atoms with Crippen LogP contribution in [-0.2, 0) is 54.8 Å². The highest BCUT2D eigenvalue weighted by atomic mass is 35.5. The number of aromatic nitrogens is 6. The van der Waals surface area contributed by atoms with Crippen LogP contribution >= 0.6 is 34.8 Å². The first kappa shape index (κ1) is 66.4. The number of carbonyl (C=O) groups excluding carboxylic acids is 3. The Balaban J connectivity index is 0.000000133. The molecule has 3 aliphatic rings. The molecule has 3 aliphatic heterocycles. The van der Waals surface area contributed by atoms with Gasteiger partial charge in [0.25, 0.3) is 0 Å². The molecule has 0 spiro atoms. The van der Waals surface area contributed by atoms with Gasteiger partial charge in [0.1, 0.15) is 29.7 Å². The van der Waals surface area contributed by atoms with Gasteiger partial charge in [-0.3, -0.25) is 43.1 Å². The van der Waals surface area contributed by atoms with Crippen molar-refractivity contribution in [3.8, 4) is 5.75 Å². The SMILES string of the molecule is Cc1ccc(CC2N=C(c3ccc4c(c3)[nH]c(=O)n4C)c3cc(Cl)cc(C)c3NC2=O)cc1.Cc1ccc(CC2N=C(c3ccc4c(c3)[nH]c(=O)n4C)c3cc(Cl)cc(F)c3NC2=O)cc1.Cc1ccc(CC2N=C(c3ccc4c(c3)[nH]c(=O)n4C)c3cc(Cl)cc(O)c3NC2=O)cc1. The van der Waals surface area contributed by atoms with Crippen LogP contribution in [0.3, 0.4) is 0 Å². The average molecular weight is 1380 g/mol. The minimum absolute atomic E-state index is 0.0382. The quantitative estimate of drug-likeness (QED) is 0.0687. The number of aliphatic imine (C=N–C) groups is 3. The molecule has 0 saturated heterocycles. The van der Waals surface area contributed by atoms with E-state index in [1.54, 1.807) is 56.0 Å². The number of anilines is 3. The number of H-pyrrole nitrogens is 3. The number of aromatic hydroxyl groups is 1. The van der Waals surface area contributed by atoms with E-state index in [0.29, 0.717) is 90.9 Å². The van der Waals surface area contributed by atoms with Crippen molar-refractivity contribution in [2.75, 3.05) is 16.0 Å².